The van der Waals surface area contributed by atoms with Gasteiger partial charge in [0, 0.05) is 23.5 Å². The molecule has 4 heteroatoms. The molecule has 0 atom stereocenters. The zero-order valence-corrected chi connectivity index (χ0v) is 12.8. The van der Waals surface area contributed by atoms with E-state index in [1.807, 2.05) is 25.1 Å². The molecule has 1 aliphatic rings. The lowest BCUT2D eigenvalue weighted by Gasteiger charge is -2.19. The van der Waals surface area contributed by atoms with Gasteiger partial charge in [-0.2, -0.15) is 0 Å². The molecule has 2 aromatic rings. The van der Waals surface area contributed by atoms with Crippen molar-refractivity contribution >= 4 is 5.82 Å². The summed E-state index contributed by atoms with van der Waals surface area (Å²) < 4.78 is 0. The third-order valence-electron chi connectivity index (χ3n) is 3.84. The maximum atomic E-state index is 4.78. The highest BCUT2D eigenvalue weighted by Gasteiger charge is 2.18. The number of hydrogen-bond acceptors (Lipinski definition) is 4. The van der Waals surface area contributed by atoms with E-state index in [-0.39, 0.29) is 0 Å². The maximum absolute atomic E-state index is 4.78. The Morgan fingerprint density at radius 2 is 1.95 bits per heavy atom. The third kappa shape index (κ3) is 3.04. The van der Waals surface area contributed by atoms with Gasteiger partial charge < -0.3 is 5.32 Å². The Hall–Kier alpha value is -1.97. The van der Waals surface area contributed by atoms with Crippen LogP contribution in [-0.4, -0.2) is 21.5 Å². The van der Waals surface area contributed by atoms with Crippen LogP contribution in [-0.2, 0) is 12.8 Å². The summed E-state index contributed by atoms with van der Waals surface area (Å²) in [6.45, 7) is 5.12. The van der Waals surface area contributed by atoms with E-state index in [0.29, 0.717) is 0 Å². The molecule has 0 bridgehead atoms. The van der Waals surface area contributed by atoms with E-state index in [1.54, 1.807) is 0 Å². The molecular formula is C17H22N4. The first-order chi connectivity index (χ1) is 10.3. The van der Waals surface area contributed by atoms with E-state index in [0.717, 1.165) is 48.8 Å². The van der Waals surface area contributed by atoms with Gasteiger partial charge in [0.1, 0.15) is 11.5 Å². The quantitative estimate of drug-likeness (QED) is 0.931. The minimum Gasteiger partial charge on any atom is -0.370 e. The zero-order valence-electron chi connectivity index (χ0n) is 12.8. The van der Waals surface area contributed by atoms with E-state index >= 15 is 0 Å². The van der Waals surface area contributed by atoms with Crippen LogP contribution >= 0.6 is 0 Å². The minimum absolute atomic E-state index is 0.748. The van der Waals surface area contributed by atoms with E-state index in [1.165, 1.54) is 24.1 Å². The summed E-state index contributed by atoms with van der Waals surface area (Å²) in [5.41, 5.74) is 4.37. The Bertz CT molecular complexity index is 637. The van der Waals surface area contributed by atoms with Gasteiger partial charge in [-0.3, -0.25) is 0 Å². The fourth-order valence-electron chi connectivity index (χ4n) is 2.77. The van der Waals surface area contributed by atoms with Gasteiger partial charge in [-0.05, 0) is 51.2 Å². The van der Waals surface area contributed by atoms with Crippen molar-refractivity contribution in [3.63, 3.8) is 0 Å². The lowest BCUT2D eigenvalue weighted by Crippen LogP contribution is -2.14. The predicted molar refractivity (Wildman–Crippen MR) is 85.4 cm³/mol. The second kappa shape index (κ2) is 6.20. The van der Waals surface area contributed by atoms with Crippen LogP contribution in [0.4, 0.5) is 5.82 Å². The number of anilines is 1. The van der Waals surface area contributed by atoms with Gasteiger partial charge in [-0.15, -0.1) is 0 Å². The number of aromatic nitrogens is 3. The van der Waals surface area contributed by atoms with E-state index in [9.17, 15) is 0 Å². The number of aryl methyl sites for hydroxylation is 2. The predicted octanol–water partition coefficient (Wildman–Crippen LogP) is 3.55. The zero-order chi connectivity index (χ0) is 14.7. The molecule has 1 aliphatic carbocycles. The molecule has 0 aliphatic heterocycles. The maximum Gasteiger partial charge on any atom is 0.180 e. The van der Waals surface area contributed by atoms with Crippen molar-refractivity contribution in [3.8, 4) is 11.5 Å². The minimum atomic E-state index is 0.748. The van der Waals surface area contributed by atoms with E-state index < -0.39 is 0 Å². The summed E-state index contributed by atoms with van der Waals surface area (Å²) in [7, 11) is 0. The highest BCUT2D eigenvalue weighted by Crippen LogP contribution is 2.28. The van der Waals surface area contributed by atoms with Crippen LogP contribution in [0.1, 0.15) is 43.1 Å². The first kappa shape index (κ1) is 14.0. The summed E-state index contributed by atoms with van der Waals surface area (Å²) in [6, 6.07) is 6.00. The van der Waals surface area contributed by atoms with E-state index in [2.05, 4.69) is 17.2 Å². The van der Waals surface area contributed by atoms with Crippen LogP contribution in [0.3, 0.4) is 0 Å². The molecule has 0 unspecified atom stereocenters. The van der Waals surface area contributed by atoms with Crippen molar-refractivity contribution in [1.82, 2.24) is 15.0 Å². The molecule has 0 aromatic carbocycles. The van der Waals surface area contributed by atoms with Crippen LogP contribution in [0.5, 0.6) is 0 Å². The van der Waals surface area contributed by atoms with Gasteiger partial charge in [0.25, 0.3) is 0 Å². The van der Waals surface area contributed by atoms with Crippen LogP contribution in [0.2, 0.25) is 0 Å². The first-order valence-electron chi connectivity index (χ1n) is 7.85. The second-order valence-corrected chi connectivity index (χ2v) is 5.62. The topological polar surface area (TPSA) is 50.7 Å². The lowest BCUT2D eigenvalue weighted by molar-refractivity contribution is 0.664. The Morgan fingerprint density at radius 3 is 2.76 bits per heavy atom. The normalized spacial score (nSPS) is 13.8. The number of nitrogens with one attached hydrogen (secondary N) is 1. The second-order valence-electron chi connectivity index (χ2n) is 5.62. The highest BCUT2D eigenvalue weighted by atomic mass is 15.0. The summed E-state index contributed by atoms with van der Waals surface area (Å²) in [4.78, 5) is 14.1. The standard InChI is InChI=1S/C17H22N4/c1-3-11-18-16-13-8-4-5-9-14(13)20-17(21-16)15-10-6-7-12(2)19-15/h6-7,10H,3-5,8-9,11H2,1-2H3,(H,18,20,21). The number of fused-ring (bicyclic) bond motifs is 1. The smallest absolute Gasteiger partial charge is 0.180 e. The van der Waals surface area contributed by atoms with Crippen molar-refractivity contribution in [2.45, 2.75) is 46.0 Å². The van der Waals surface area contributed by atoms with Crippen LogP contribution in [0.15, 0.2) is 18.2 Å². The number of hydrogen-bond donors (Lipinski definition) is 1. The monoisotopic (exact) mass is 282 g/mol. The Kier molecular flexibility index (Phi) is 4.13. The molecule has 0 saturated heterocycles. The molecule has 21 heavy (non-hydrogen) atoms. The Labute approximate surface area is 126 Å². The van der Waals surface area contributed by atoms with Crippen molar-refractivity contribution in [2.75, 3.05) is 11.9 Å². The first-order valence-corrected chi connectivity index (χ1v) is 7.85. The van der Waals surface area contributed by atoms with Crippen LogP contribution in [0.25, 0.3) is 11.5 Å². The van der Waals surface area contributed by atoms with Crippen LogP contribution < -0.4 is 5.32 Å². The summed E-state index contributed by atoms with van der Waals surface area (Å²) in [5, 5.41) is 3.47. The summed E-state index contributed by atoms with van der Waals surface area (Å²) in [5.74, 6) is 1.76. The molecule has 0 saturated carbocycles. The van der Waals surface area contributed by atoms with Crippen molar-refractivity contribution in [3.05, 3.63) is 35.2 Å². The molecule has 0 amide bonds. The third-order valence-corrected chi connectivity index (χ3v) is 3.84. The SMILES string of the molecule is CCCNc1nc(-c2cccc(C)n2)nc2c1CCCC2. The van der Waals surface area contributed by atoms with Gasteiger partial charge in [0.15, 0.2) is 5.82 Å². The fraction of sp³-hybridized carbons (Fsp3) is 0.471. The average molecular weight is 282 g/mol. The Balaban J connectivity index is 2.05. The molecule has 0 fully saturated rings. The van der Waals surface area contributed by atoms with Gasteiger partial charge in [0.2, 0.25) is 0 Å². The summed E-state index contributed by atoms with van der Waals surface area (Å²) in [6.07, 6.45) is 5.69. The van der Waals surface area contributed by atoms with Gasteiger partial charge in [0.05, 0.1) is 0 Å². The van der Waals surface area contributed by atoms with Gasteiger partial charge in [-0.1, -0.05) is 13.0 Å². The van der Waals surface area contributed by atoms with Crippen LogP contribution in [0, 0.1) is 6.92 Å². The Morgan fingerprint density at radius 1 is 1.10 bits per heavy atom. The molecule has 3 rings (SSSR count). The molecule has 2 aromatic heterocycles. The average Bonchev–Trinajstić information content (AvgIpc) is 2.52. The summed E-state index contributed by atoms with van der Waals surface area (Å²) >= 11 is 0. The highest BCUT2D eigenvalue weighted by molar-refractivity contribution is 5.57. The van der Waals surface area contributed by atoms with Crippen molar-refractivity contribution in [1.29, 1.82) is 0 Å². The molecular weight excluding hydrogens is 260 g/mol. The number of pyridine rings is 1. The fourth-order valence-corrected chi connectivity index (χ4v) is 2.77. The van der Waals surface area contributed by atoms with Gasteiger partial charge in [-0.25, -0.2) is 15.0 Å². The molecule has 2 heterocycles. The van der Waals surface area contributed by atoms with Crippen molar-refractivity contribution in [2.24, 2.45) is 0 Å². The molecule has 110 valence electrons. The largest absolute Gasteiger partial charge is 0.370 e. The van der Waals surface area contributed by atoms with Gasteiger partial charge >= 0.3 is 0 Å². The number of nitrogens with zero attached hydrogens (tertiary/aromatic N) is 3. The molecule has 0 spiro atoms. The number of rotatable bonds is 4. The molecule has 4 nitrogen and oxygen atoms in total. The lowest BCUT2D eigenvalue weighted by atomic mass is 9.96. The molecule has 0 radical (unpaired) electrons. The molecule has 1 N–H and O–H groups in total. The van der Waals surface area contributed by atoms with E-state index in [4.69, 9.17) is 9.97 Å². The van der Waals surface area contributed by atoms with Crippen molar-refractivity contribution < 1.29 is 0 Å².